The first-order valence-corrected chi connectivity index (χ1v) is 7.20. The third-order valence-electron chi connectivity index (χ3n) is 3.05. The molecule has 19 heavy (non-hydrogen) atoms. The monoisotopic (exact) mass is 269 g/mol. The van der Waals surface area contributed by atoms with Crippen molar-refractivity contribution in [3.05, 3.63) is 11.7 Å². The van der Waals surface area contributed by atoms with Crippen molar-refractivity contribution in [1.29, 1.82) is 0 Å². The van der Waals surface area contributed by atoms with E-state index in [1.165, 1.54) is 0 Å². The topological polar surface area (TPSA) is 60.2 Å². The van der Waals surface area contributed by atoms with Crippen molar-refractivity contribution in [2.75, 3.05) is 13.2 Å². The summed E-state index contributed by atoms with van der Waals surface area (Å²) >= 11 is 0. The molecule has 1 atom stereocenters. The molecule has 1 unspecified atom stereocenters. The normalized spacial score (nSPS) is 13.7. The number of nitrogens with zero attached hydrogens (tertiary/aromatic N) is 2. The van der Waals surface area contributed by atoms with Crippen LogP contribution in [0.1, 0.15) is 59.2 Å². The summed E-state index contributed by atoms with van der Waals surface area (Å²) in [5.74, 6) is 1.31. The number of hydrogen-bond acceptors (Lipinski definition) is 5. The predicted octanol–water partition coefficient (Wildman–Crippen LogP) is 2.66. The highest BCUT2D eigenvalue weighted by molar-refractivity contribution is 4.97. The van der Waals surface area contributed by atoms with E-state index in [1.54, 1.807) is 0 Å². The van der Waals surface area contributed by atoms with Gasteiger partial charge in [0, 0.05) is 19.1 Å². The average Bonchev–Trinajstić information content (AvgIpc) is 2.83. The predicted molar refractivity (Wildman–Crippen MR) is 75.0 cm³/mol. The van der Waals surface area contributed by atoms with E-state index in [2.05, 4.69) is 29.3 Å². The minimum absolute atomic E-state index is 0.468. The first-order chi connectivity index (χ1) is 8.99. The molecule has 0 saturated heterocycles. The molecule has 0 aliphatic carbocycles. The summed E-state index contributed by atoms with van der Waals surface area (Å²) in [6.45, 7) is 11.9. The largest absolute Gasteiger partial charge is 0.368 e. The van der Waals surface area contributed by atoms with Gasteiger partial charge in [0.15, 0.2) is 0 Å². The lowest BCUT2D eigenvalue weighted by Crippen LogP contribution is -2.27. The molecule has 110 valence electrons. The van der Waals surface area contributed by atoms with Gasteiger partial charge in [-0.05, 0) is 47.1 Å². The van der Waals surface area contributed by atoms with Gasteiger partial charge in [-0.1, -0.05) is 12.1 Å². The maximum absolute atomic E-state index is 5.61. The SMILES string of the molecule is CCCNC(C)CCc1nc(C(C)(C)OCC)no1. The zero-order valence-corrected chi connectivity index (χ0v) is 12.8. The van der Waals surface area contributed by atoms with Crippen LogP contribution < -0.4 is 5.32 Å². The molecule has 0 amide bonds. The summed E-state index contributed by atoms with van der Waals surface area (Å²) < 4.78 is 10.9. The summed E-state index contributed by atoms with van der Waals surface area (Å²) in [7, 11) is 0. The smallest absolute Gasteiger partial charge is 0.226 e. The van der Waals surface area contributed by atoms with Crippen LogP contribution in [-0.4, -0.2) is 29.3 Å². The fourth-order valence-electron chi connectivity index (χ4n) is 1.86. The van der Waals surface area contributed by atoms with Gasteiger partial charge in [-0.25, -0.2) is 0 Å². The lowest BCUT2D eigenvalue weighted by molar-refractivity contribution is -0.0221. The average molecular weight is 269 g/mol. The highest BCUT2D eigenvalue weighted by atomic mass is 16.5. The Labute approximate surface area is 116 Å². The van der Waals surface area contributed by atoms with Gasteiger partial charge in [0.1, 0.15) is 5.60 Å². The Kier molecular flexibility index (Phi) is 6.45. The van der Waals surface area contributed by atoms with E-state index >= 15 is 0 Å². The Balaban J connectivity index is 2.46. The van der Waals surface area contributed by atoms with E-state index in [0.29, 0.717) is 24.4 Å². The van der Waals surface area contributed by atoms with Crippen LogP contribution in [0.15, 0.2) is 4.52 Å². The van der Waals surface area contributed by atoms with Gasteiger partial charge < -0.3 is 14.6 Å². The van der Waals surface area contributed by atoms with Crippen molar-refractivity contribution in [3.8, 4) is 0 Å². The van der Waals surface area contributed by atoms with Gasteiger partial charge in [0.25, 0.3) is 0 Å². The van der Waals surface area contributed by atoms with E-state index in [1.807, 2.05) is 20.8 Å². The number of ether oxygens (including phenoxy) is 1. The lowest BCUT2D eigenvalue weighted by Gasteiger charge is -2.19. The van der Waals surface area contributed by atoms with Crippen molar-refractivity contribution in [3.63, 3.8) is 0 Å². The molecular weight excluding hydrogens is 242 g/mol. The van der Waals surface area contributed by atoms with Gasteiger partial charge in [0.2, 0.25) is 11.7 Å². The van der Waals surface area contributed by atoms with Gasteiger partial charge in [0.05, 0.1) is 0 Å². The second-order valence-corrected chi connectivity index (χ2v) is 5.35. The molecule has 0 spiro atoms. The van der Waals surface area contributed by atoms with E-state index < -0.39 is 5.60 Å². The van der Waals surface area contributed by atoms with Crippen molar-refractivity contribution < 1.29 is 9.26 Å². The Morgan fingerprint density at radius 3 is 2.74 bits per heavy atom. The molecule has 0 aliphatic heterocycles. The highest BCUT2D eigenvalue weighted by Gasteiger charge is 2.27. The van der Waals surface area contributed by atoms with Gasteiger partial charge in [-0.3, -0.25) is 0 Å². The number of hydrogen-bond donors (Lipinski definition) is 1. The molecule has 0 saturated carbocycles. The van der Waals surface area contributed by atoms with Crippen LogP contribution in [0.4, 0.5) is 0 Å². The van der Waals surface area contributed by atoms with Crippen LogP contribution in [0.2, 0.25) is 0 Å². The molecule has 0 aliphatic rings. The van der Waals surface area contributed by atoms with Crippen molar-refractivity contribution in [1.82, 2.24) is 15.5 Å². The molecule has 1 N–H and O–H groups in total. The summed E-state index contributed by atoms with van der Waals surface area (Å²) in [6.07, 6.45) is 2.95. The van der Waals surface area contributed by atoms with Crippen LogP contribution in [0.5, 0.6) is 0 Å². The Morgan fingerprint density at radius 2 is 2.11 bits per heavy atom. The second-order valence-electron chi connectivity index (χ2n) is 5.35. The third kappa shape index (κ3) is 5.28. The minimum Gasteiger partial charge on any atom is -0.368 e. The van der Waals surface area contributed by atoms with Crippen molar-refractivity contribution in [2.24, 2.45) is 0 Å². The summed E-state index contributed by atoms with van der Waals surface area (Å²) in [5, 5.41) is 7.46. The van der Waals surface area contributed by atoms with Gasteiger partial charge in [-0.2, -0.15) is 4.98 Å². The third-order valence-corrected chi connectivity index (χ3v) is 3.05. The molecule has 5 heteroatoms. The molecule has 5 nitrogen and oxygen atoms in total. The summed E-state index contributed by atoms with van der Waals surface area (Å²) in [6, 6.07) is 0.468. The summed E-state index contributed by atoms with van der Waals surface area (Å²) in [4.78, 5) is 4.42. The van der Waals surface area contributed by atoms with E-state index in [9.17, 15) is 0 Å². The minimum atomic E-state index is -0.484. The lowest BCUT2D eigenvalue weighted by atomic mass is 10.1. The Hall–Kier alpha value is -0.940. The second kappa shape index (κ2) is 7.60. The zero-order valence-electron chi connectivity index (χ0n) is 12.8. The van der Waals surface area contributed by atoms with E-state index in [4.69, 9.17) is 9.26 Å². The Bertz CT molecular complexity index is 363. The van der Waals surface area contributed by atoms with Crippen LogP contribution in [0, 0.1) is 0 Å². The van der Waals surface area contributed by atoms with E-state index in [-0.39, 0.29) is 0 Å². The first kappa shape index (κ1) is 16.1. The standard InChI is InChI=1S/C14H27N3O2/c1-6-10-15-11(3)8-9-12-16-13(17-19-12)14(4,5)18-7-2/h11,15H,6-10H2,1-5H3. The first-order valence-electron chi connectivity index (χ1n) is 7.20. The molecule has 0 radical (unpaired) electrons. The van der Waals surface area contributed by atoms with E-state index in [0.717, 1.165) is 25.8 Å². The van der Waals surface area contributed by atoms with Crippen molar-refractivity contribution in [2.45, 2.75) is 65.5 Å². The quantitative estimate of drug-likeness (QED) is 0.747. The van der Waals surface area contributed by atoms with Gasteiger partial charge >= 0.3 is 0 Å². The number of rotatable bonds is 9. The van der Waals surface area contributed by atoms with Crippen molar-refractivity contribution >= 4 is 0 Å². The highest BCUT2D eigenvalue weighted by Crippen LogP contribution is 2.21. The van der Waals surface area contributed by atoms with Crippen LogP contribution in [0.25, 0.3) is 0 Å². The molecule has 1 aromatic rings. The summed E-state index contributed by atoms with van der Waals surface area (Å²) in [5.41, 5.74) is -0.484. The zero-order chi connectivity index (χ0) is 14.3. The van der Waals surface area contributed by atoms with Gasteiger partial charge in [-0.15, -0.1) is 0 Å². The molecule has 1 rings (SSSR count). The molecule has 0 aromatic carbocycles. The number of aryl methyl sites for hydroxylation is 1. The molecule has 1 aromatic heterocycles. The van der Waals surface area contributed by atoms with Crippen LogP contribution in [0.3, 0.4) is 0 Å². The fourth-order valence-corrected chi connectivity index (χ4v) is 1.86. The molecule has 0 fully saturated rings. The van der Waals surface area contributed by atoms with Crippen LogP contribution in [-0.2, 0) is 16.8 Å². The molecule has 1 heterocycles. The molecular formula is C14H27N3O2. The fraction of sp³-hybridized carbons (Fsp3) is 0.857. The maximum atomic E-state index is 5.61. The maximum Gasteiger partial charge on any atom is 0.226 e. The Morgan fingerprint density at radius 1 is 1.37 bits per heavy atom. The number of aromatic nitrogens is 2. The number of nitrogens with one attached hydrogen (secondary N) is 1. The van der Waals surface area contributed by atoms with Crippen LogP contribution >= 0.6 is 0 Å². The molecule has 0 bridgehead atoms.